The summed E-state index contributed by atoms with van der Waals surface area (Å²) in [7, 11) is 0. The van der Waals surface area contributed by atoms with Gasteiger partial charge in [0.05, 0.1) is 0 Å². The quantitative estimate of drug-likeness (QED) is 0.675. The SMILES string of the molecule is Cc1cc(C(Br)Cc2ccc(F)cc2)cc(C)c1F. The van der Waals surface area contributed by atoms with E-state index in [0.717, 1.165) is 17.5 Å². The molecule has 0 saturated carbocycles. The fourth-order valence-corrected chi connectivity index (χ4v) is 2.74. The number of halogens is 3. The van der Waals surface area contributed by atoms with Crippen molar-refractivity contribution in [3.05, 3.63) is 70.3 Å². The summed E-state index contributed by atoms with van der Waals surface area (Å²) in [6.45, 7) is 3.53. The summed E-state index contributed by atoms with van der Waals surface area (Å²) in [6, 6.07) is 10.2. The first-order valence-electron chi connectivity index (χ1n) is 6.12. The molecule has 2 aromatic rings. The third-order valence-corrected chi connectivity index (χ3v) is 4.00. The lowest BCUT2D eigenvalue weighted by molar-refractivity contribution is 0.608. The Labute approximate surface area is 120 Å². The van der Waals surface area contributed by atoms with Crippen LogP contribution in [0.15, 0.2) is 36.4 Å². The van der Waals surface area contributed by atoms with Gasteiger partial charge in [-0.05, 0) is 54.7 Å². The molecule has 0 amide bonds. The van der Waals surface area contributed by atoms with Crippen LogP contribution in [0.2, 0.25) is 0 Å². The molecular formula is C16H15BrF2. The smallest absolute Gasteiger partial charge is 0.129 e. The second-order valence-corrected chi connectivity index (χ2v) is 5.87. The zero-order valence-electron chi connectivity index (χ0n) is 10.9. The van der Waals surface area contributed by atoms with E-state index in [-0.39, 0.29) is 16.5 Å². The molecule has 0 heterocycles. The van der Waals surface area contributed by atoms with Crippen LogP contribution in [0.4, 0.5) is 8.78 Å². The summed E-state index contributed by atoms with van der Waals surface area (Å²) >= 11 is 3.62. The summed E-state index contributed by atoms with van der Waals surface area (Å²) in [5, 5.41) is 0. The molecule has 0 aliphatic heterocycles. The highest BCUT2D eigenvalue weighted by Crippen LogP contribution is 2.29. The van der Waals surface area contributed by atoms with Crippen LogP contribution < -0.4 is 0 Å². The minimum atomic E-state index is -0.233. The van der Waals surface area contributed by atoms with Crippen LogP contribution in [-0.4, -0.2) is 0 Å². The molecule has 3 heteroatoms. The maximum absolute atomic E-state index is 13.6. The van der Waals surface area contributed by atoms with E-state index < -0.39 is 0 Å². The predicted octanol–water partition coefficient (Wildman–Crippen LogP) is 5.26. The first-order valence-corrected chi connectivity index (χ1v) is 7.04. The first-order chi connectivity index (χ1) is 8.97. The van der Waals surface area contributed by atoms with Crippen molar-refractivity contribution < 1.29 is 8.78 Å². The van der Waals surface area contributed by atoms with Gasteiger partial charge in [-0.15, -0.1) is 0 Å². The average molecular weight is 325 g/mol. The Morgan fingerprint density at radius 2 is 1.53 bits per heavy atom. The second kappa shape index (κ2) is 5.83. The summed E-state index contributed by atoms with van der Waals surface area (Å²) in [5.41, 5.74) is 3.39. The molecule has 2 rings (SSSR count). The van der Waals surface area contributed by atoms with Gasteiger partial charge in [0.25, 0.3) is 0 Å². The lowest BCUT2D eigenvalue weighted by Gasteiger charge is -2.13. The van der Waals surface area contributed by atoms with E-state index in [9.17, 15) is 8.78 Å². The molecular weight excluding hydrogens is 310 g/mol. The van der Waals surface area contributed by atoms with Crippen molar-refractivity contribution in [2.24, 2.45) is 0 Å². The van der Waals surface area contributed by atoms with Gasteiger partial charge >= 0.3 is 0 Å². The van der Waals surface area contributed by atoms with Gasteiger partial charge in [0.15, 0.2) is 0 Å². The Bertz CT molecular complexity index is 553. The molecule has 0 nitrogen and oxygen atoms in total. The van der Waals surface area contributed by atoms with Crippen molar-refractivity contribution in [3.63, 3.8) is 0 Å². The summed E-state index contributed by atoms with van der Waals surface area (Å²) in [4.78, 5) is 0.0935. The Kier molecular flexibility index (Phi) is 4.35. The van der Waals surface area contributed by atoms with Crippen LogP contribution >= 0.6 is 15.9 Å². The first kappa shape index (κ1) is 14.2. The molecule has 1 atom stereocenters. The van der Waals surface area contributed by atoms with Crippen LogP contribution in [-0.2, 0) is 6.42 Å². The number of aryl methyl sites for hydroxylation is 2. The molecule has 0 spiro atoms. The van der Waals surface area contributed by atoms with Gasteiger partial charge in [0.1, 0.15) is 11.6 Å². The normalized spacial score (nSPS) is 12.5. The average Bonchev–Trinajstić information content (AvgIpc) is 2.38. The predicted molar refractivity (Wildman–Crippen MR) is 77.6 cm³/mol. The lowest BCUT2D eigenvalue weighted by atomic mass is 10.00. The van der Waals surface area contributed by atoms with Crippen molar-refractivity contribution in [3.8, 4) is 0 Å². The van der Waals surface area contributed by atoms with Crippen LogP contribution in [0.1, 0.15) is 27.1 Å². The van der Waals surface area contributed by atoms with Crippen LogP contribution in [0.3, 0.4) is 0 Å². The molecule has 0 aliphatic rings. The number of hydrogen-bond acceptors (Lipinski definition) is 0. The van der Waals surface area contributed by atoms with Crippen molar-refractivity contribution in [2.45, 2.75) is 25.1 Å². The summed E-state index contributed by atoms with van der Waals surface area (Å²) in [5.74, 6) is -0.381. The van der Waals surface area contributed by atoms with Gasteiger partial charge in [-0.3, -0.25) is 0 Å². The third kappa shape index (κ3) is 3.41. The van der Waals surface area contributed by atoms with Gasteiger partial charge < -0.3 is 0 Å². The fourth-order valence-electron chi connectivity index (χ4n) is 2.11. The third-order valence-electron chi connectivity index (χ3n) is 3.15. The van der Waals surface area contributed by atoms with Crippen molar-refractivity contribution in [2.75, 3.05) is 0 Å². The zero-order valence-corrected chi connectivity index (χ0v) is 12.5. The Morgan fingerprint density at radius 3 is 2.05 bits per heavy atom. The van der Waals surface area contributed by atoms with E-state index in [0.29, 0.717) is 11.1 Å². The maximum atomic E-state index is 13.6. The minimum absolute atomic E-state index is 0.0935. The molecule has 19 heavy (non-hydrogen) atoms. The van der Waals surface area contributed by atoms with E-state index in [4.69, 9.17) is 0 Å². The molecule has 0 bridgehead atoms. The van der Waals surface area contributed by atoms with E-state index in [1.165, 1.54) is 12.1 Å². The Morgan fingerprint density at radius 1 is 1.00 bits per heavy atom. The number of hydrogen-bond donors (Lipinski definition) is 0. The largest absolute Gasteiger partial charge is 0.207 e. The monoisotopic (exact) mass is 324 g/mol. The second-order valence-electron chi connectivity index (χ2n) is 4.77. The van der Waals surface area contributed by atoms with E-state index in [2.05, 4.69) is 15.9 Å². The van der Waals surface area contributed by atoms with Gasteiger partial charge in [0, 0.05) is 4.83 Å². The summed E-state index contributed by atoms with van der Waals surface area (Å²) < 4.78 is 26.4. The van der Waals surface area contributed by atoms with Gasteiger partial charge in [0.2, 0.25) is 0 Å². The number of alkyl halides is 1. The highest BCUT2D eigenvalue weighted by Gasteiger charge is 2.12. The molecule has 100 valence electrons. The van der Waals surface area contributed by atoms with Crippen LogP contribution in [0.25, 0.3) is 0 Å². The number of benzene rings is 2. The van der Waals surface area contributed by atoms with E-state index in [1.807, 2.05) is 12.1 Å². The molecule has 0 N–H and O–H groups in total. The van der Waals surface area contributed by atoms with Gasteiger partial charge in [-0.2, -0.15) is 0 Å². The summed E-state index contributed by atoms with van der Waals surface area (Å²) in [6.07, 6.45) is 0.741. The Balaban J connectivity index is 2.20. The van der Waals surface area contributed by atoms with Crippen molar-refractivity contribution in [1.82, 2.24) is 0 Å². The molecule has 0 radical (unpaired) electrons. The van der Waals surface area contributed by atoms with Crippen LogP contribution in [0.5, 0.6) is 0 Å². The fraction of sp³-hybridized carbons (Fsp3) is 0.250. The van der Waals surface area contributed by atoms with Crippen molar-refractivity contribution >= 4 is 15.9 Å². The standard InChI is InChI=1S/C16H15BrF2/c1-10-7-13(8-11(2)16(10)19)15(17)9-12-3-5-14(18)6-4-12/h3-8,15H,9H2,1-2H3. The minimum Gasteiger partial charge on any atom is -0.207 e. The number of rotatable bonds is 3. The zero-order chi connectivity index (χ0) is 14.0. The molecule has 2 aromatic carbocycles. The highest BCUT2D eigenvalue weighted by molar-refractivity contribution is 9.09. The van der Waals surface area contributed by atoms with E-state index in [1.54, 1.807) is 26.0 Å². The Hall–Kier alpha value is -1.22. The highest BCUT2D eigenvalue weighted by atomic mass is 79.9. The van der Waals surface area contributed by atoms with Gasteiger partial charge in [-0.25, -0.2) is 8.78 Å². The van der Waals surface area contributed by atoms with Crippen molar-refractivity contribution in [1.29, 1.82) is 0 Å². The molecule has 0 saturated heterocycles. The van der Waals surface area contributed by atoms with Crippen LogP contribution in [0, 0.1) is 25.5 Å². The molecule has 1 unspecified atom stereocenters. The van der Waals surface area contributed by atoms with Gasteiger partial charge in [-0.1, -0.05) is 40.2 Å². The molecule has 0 fully saturated rings. The maximum Gasteiger partial charge on any atom is 0.129 e. The molecule has 0 aromatic heterocycles. The molecule has 0 aliphatic carbocycles. The topological polar surface area (TPSA) is 0 Å². The van der Waals surface area contributed by atoms with E-state index >= 15 is 0 Å². The lowest BCUT2D eigenvalue weighted by Crippen LogP contribution is -1.99.